The van der Waals surface area contributed by atoms with Crippen molar-refractivity contribution in [3.8, 4) is 0 Å². The van der Waals surface area contributed by atoms with Crippen LogP contribution in [0.3, 0.4) is 0 Å². The van der Waals surface area contributed by atoms with Crippen molar-refractivity contribution in [2.45, 2.75) is 25.8 Å². The number of allylic oxidation sites excluding steroid dienone is 2. The van der Waals surface area contributed by atoms with Gasteiger partial charge in [0.1, 0.15) is 0 Å². The number of carbonyl (C=O) groups excluding carboxylic acids is 1. The Balaban J connectivity index is 1.97. The average molecular weight is 391 g/mol. The molecule has 0 saturated heterocycles. The van der Waals surface area contributed by atoms with Crippen LogP contribution < -0.4 is 10.0 Å². The third kappa shape index (κ3) is 4.15. The van der Waals surface area contributed by atoms with E-state index < -0.39 is 16.9 Å². The number of ketones is 1. The number of nitrogens with one attached hydrogen (secondary N) is 2. The Hall–Kier alpha value is -2.15. The van der Waals surface area contributed by atoms with Crippen LogP contribution in [0.5, 0.6) is 0 Å². The number of hydrogen-bond acceptors (Lipinski definition) is 4. The van der Waals surface area contributed by atoms with Crippen molar-refractivity contribution in [3.05, 3.63) is 76.0 Å². The normalized spacial score (nSPS) is 15.6. The van der Waals surface area contributed by atoms with Gasteiger partial charge in [0.25, 0.3) is 0 Å². The Bertz CT molecular complexity index is 931. The fraction of sp³-hybridized carbons (Fsp3) is 0.211. The van der Waals surface area contributed by atoms with Crippen LogP contribution in [0.25, 0.3) is 0 Å². The van der Waals surface area contributed by atoms with Crippen LogP contribution in [-0.2, 0) is 15.7 Å². The second-order valence-corrected chi connectivity index (χ2v) is 7.30. The van der Waals surface area contributed by atoms with Crippen LogP contribution in [0.15, 0.2) is 59.8 Å². The Morgan fingerprint density at radius 2 is 1.77 bits per heavy atom. The highest BCUT2D eigenvalue weighted by molar-refractivity contribution is 7.70. The summed E-state index contributed by atoms with van der Waals surface area (Å²) in [5.41, 5.74) is 3.80. The summed E-state index contributed by atoms with van der Waals surface area (Å²) in [4.78, 5) is 11.7. The molecule has 0 aliphatic heterocycles. The van der Waals surface area contributed by atoms with Crippen molar-refractivity contribution in [1.29, 1.82) is 0 Å². The standard InChI is InChI=1S/C19H19ClN2O3S/c1-12-16(9-10-18(12)23)21-17-11-14(7-8-15(17)20)19(22-26(24)25)13-5-3-2-4-6-13/h2-8,11,19,21,26H,9-10H2,1H3,(H,22,24,25). The van der Waals surface area contributed by atoms with Gasteiger partial charge in [-0.2, -0.15) is 0 Å². The number of rotatable bonds is 6. The van der Waals surface area contributed by atoms with E-state index in [-0.39, 0.29) is 5.78 Å². The minimum Gasteiger partial charge on any atom is -0.357 e. The van der Waals surface area contributed by atoms with E-state index in [1.54, 1.807) is 19.1 Å². The molecule has 5 nitrogen and oxygen atoms in total. The smallest absolute Gasteiger partial charge is 0.202 e. The van der Waals surface area contributed by atoms with E-state index in [9.17, 15) is 13.2 Å². The second kappa shape index (κ2) is 8.03. The van der Waals surface area contributed by atoms with Gasteiger partial charge in [0, 0.05) is 17.7 Å². The Labute approximate surface area is 159 Å². The number of hydrogen-bond donors (Lipinski definition) is 3. The van der Waals surface area contributed by atoms with Crippen molar-refractivity contribution in [2.24, 2.45) is 0 Å². The molecular weight excluding hydrogens is 372 g/mol. The summed E-state index contributed by atoms with van der Waals surface area (Å²) in [6.07, 6.45) is 1.15. The van der Waals surface area contributed by atoms with Crippen molar-refractivity contribution in [3.63, 3.8) is 0 Å². The molecular formula is C19H19ClN2O3S. The molecule has 3 rings (SSSR count). The van der Waals surface area contributed by atoms with Crippen LogP contribution in [0, 0.1) is 0 Å². The minimum absolute atomic E-state index is 0.131. The lowest BCUT2D eigenvalue weighted by atomic mass is 9.99. The summed E-state index contributed by atoms with van der Waals surface area (Å²) in [5, 5.41) is 3.74. The lowest BCUT2D eigenvalue weighted by Crippen LogP contribution is -2.21. The zero-order valence-electron chi connectivity index (χ0n) is 14.2. The molecule has 0 saturated carbocycles. The molecule has 0 spiro atoms. The number of carbonyl (C=O) groups is 1. The molecule has 0 radical (unpaired) electrons. The molecule has 2 N–H and O–H groups in total. The number of Topliss-reactive ketones (excluding diaryl/α,β-unsaturated/α-hetero) is 1. The minimum atomic E-state index is -2.79. The van der Waals surface area contributed by atoms with Crippen molar-refractivity contribution < 1.29 is 13.2 Å². The Kier molecular flexibility index (Phi) is 5.76. The van der Waals surface area contributed by atoms with Gasteiger partial charge in [0.2, 0.25) is 10.9 Å². The zero-order valence-corrected chi connectivity index (χ0v) is 15.8. The molecule has 0 amide bonds. The van der Waals surface area contributed by atoms with Gasteiger partial charge in [-0.15, -0.1) is 0 Å². The summed E-state index contributed by atoms with van der Waals surface area (Å²) in [5.74, 6) is 0.131. The molecule has 7 heteroatoms. The molecule has 0 aromatic heterocycles. The molecule has 2 aromatic carbocycles. The van der Waals surface area contributed by atoms with Gasteiger partial charge in [-0.25, -0.2) is 13.1 Å². The van der Waals surface area contributed by atoms with Gasteiger partial charge in [-0.3, -0.25) is 4.79 Å². The van der Waals surface area contributed by atoms with Gasteiger partial charge in [0.05, 0.1) is 16.8 Å². The van der Waals surface area contributed by atoms with Gasteiger partial charge in [-0.05, 0) is 36.6 Å². The second-order valence-electron chi connectivity index (χ2n) is 6.12. The maximum Gasteiger partial charge on any atom is 0.202 e. The van der Waals surface area contributed by atoms with Crippen LogP contribution >= 0.6 is 11.6 Å². The van der Waals surface area contributed by atoms with E-state index in [4.69, 9.17) is 11.6 Å². The van der Waals surface area contributed by atoms with E-state index >= 15 is 0 Å². The molecule has 0 bridgehead atoms. The van der Waals surface area contributed by atoms with Gasteiger partial charge < -0.3 is 5.32 Å². The van der Waals surface area contributed by atoms with Crippen molar-refractivity contribution >= 4 is 34.0 Å². The number of anilines is 1. The van der Waals surface area contributed by atoms with Gasteiger partial charge >= 0.3 is 0 Å². The summed E-state index contributed by atoms with van der Waals surface area (Å²) in [6, 6.07) is 14.1. The Morgan fingerprint density at radius 3 is 2.38 bits per heavy atom. The van der Waals surface area contributed by atoms with Crippen molar-refractivity contribution in [2.75, 3.05) is 5.32 Å². The highest BCUT2D eigenvalue weighted by Crippen LogP contribution is 2.32. The molecule has 0 heterocycles. The average Bonchev–Trinajstić information content (AvgIpc) is 2.94. The lowest BCUT2D eigenvalue weighted by Gasteiger charge is -2.19. The maximum atomic E-state index is 11.7. The van der Waals surface area contributed by atoms with E-state index in [1.165, 1.54) is 0 Å². The van der Waals surface area contributed by atoms with Crippen LogP contribution in [0.4, 0.5) is 5.69 Å². The third-order valence-corrected chi connectivity index (χ3v) is 5.25. The summed E-state index contributed by atoms with van der Waals surface area (Å²) in [6.45, 7) is 1.80. The maximum absolute atomic E-state index is 11.7. The van der Waals surface area contributed by atoms with Gasteiger partial charge in [0.15, 0.2) is 5.78 Å². The fourth-order valence-corrected chi connectivity index (χ4v) is 3.69. The van der Waals surface area contributed by atoms with Crippen LogP contribution in [-0.4, -0.2) is 14.2 Å². The van der Waals surface area contributed by atoms with Crippen LogP contribution in [0.1, 0.15) is 36.9 Å². The first-order valence-corrected chi connectivity index (χ1v) is 9.76. The first kappa shape index (κ1) is 18.6. The van der Waals surface area contributed by atoms with E-state index in [1.807, 2.05) is 36.4 Å². The third-order valence-electron chi connectivity index (χ3n) is 4.45. The molecule has 1 aliphatic carbocycles. The zero-order chi connectivity index (χ0) is 18.7. The Morgan fingerprint density at radius 1 is 1.04 bits per heavy atom. The predicted molar refractivity (Wildman–Crippen MR) is 104 cm³/mol. The van der Waals surface area contributed by atoms with Crippen molar-refractivity contribution in [1.82, 2.24) is 4.72 Å². The van der Waals surface area contributed by atoms with Gasteiger partial charge in [-0.1, -0.05) is 48.0 Å². The topological polar surface area (TPSA) is 75.3 Å². The van der Waals surface area contributed by atoms with E-state index in [0.29, 0.717) is 29.1 Å². The number of thiol groups is 1. The molecule has 136 valence electrons. The molecule has 2 aromatic rings. The SMILES string of the molecule is CC1=C(Nc2cc(C(N[SH](=O)=O)c3ccccc3)ccc2Cl)CCC1=O. The quantitative estimate of drug-likeness (QED) is 0.659. The first-order valence-electron chi connectivity index (χ1n) is 8.20. The molecule has 0 fully saturated rings. The fourth-order valence-electron chi connectivity index (χ4n) is 3.01. The summed E-state index contributed by atoms with van der Waals surface area (Å²) >= 11 is 6.31. The molecule has 1 atom stereocenters. The largest absolute Gasteiger partial charge is 0.357 e. The lowest BCUT2D eigenvalue weighted by molar-refractivity contribution is -0.114. The predicted octanol–water partition coefficient (Wildman–Crippen LogP) is 3.59. The molecule has 1 aliphatic rings. The number of halogens is 1. The monoisotopic (exact) mass is 390 g/mol. The first-order chi connectivity index (χ1) is 12.5. The summed E-state index contributed by atoms with van der Waals surface area (Å²) in [7, 11) is -2.79. The van der Waals surface area contributed by atoms with Crippen LogP contribution in [0.2, 0.25) is 5.02 Å². The number of benzene rings is 2. The van der Waals surface area contributed by atoms with E-state index in [0.717, 1.165) is 16.8 Å². The van der Waals surface area contributed by atoms with E-state index in [2.05, 4.69) is 10.0 Å². The molecule has 26 heavy (non-hydrogen) atoms. The molecule has 1 unspecified atom stereocenters. The summed E-state index contributed by atoms with van der Waals surface area (Å²) < 4.78 is 25.2. The highest BCUT2D eigenvalue weighted by Gasteiger charge is 2.21. The highest BCUT2D eigenvalue weighted by atomic mass is 35.5.